The number of nitrogens with zero attached hydrogens (tertiary/aromatic N) is 2. The maximum atomic E-state index is 5.46. The van der Waals surface area contributed by atoms with Crippen LogP contribution in [-0.4, -0.2) is 22.7 Å². The van der Waals surface area contributed by atoms with E-state index in [1.165, 1.54) is 25.7 Å². The zero-order valence-electron chi connectivity index (χ0n) is 12.1. The number of aromatic nitrogens is 2. The highest BCUT2D eigenvalue weighted by Crippen LogP contribution is 2.28. The van der Waals surface area contributed by atoms with Crippen LogP contribution in [0.1, 0.15) is 31.4 Å². The normalized spacial score (nSPS) is 15.5. The SMILES string of the molecule is COc1ccccc1-n1cc(C)nc1NC1CCCC1. The number of hydrogen-bond donors (Lipinski definition) is 1. The smallest absolute Gasteiger partial charge is 0.208 e. The average Bonchev–Trinajstić information content (AvgIpc) is 3.09. The van der Waals surface area contributed by atoms with E-state index in [2.05, 4.69) is 27.1 Å². The number of benzene rings is 1. The fourth-order valence-electron chi connectivity index (χ4n) is 2.86. The Morgan fingerprint density at radius 1 is 1.25 bits per heavy atom. The molecule has 0 radical (unpaired) electrons. The molecule has 4 heteroatoms. The Balaban J connectivity index is 1.96. The van der Waals surface area contributed by atoms with E-state index in [0.717, 1.165) is 23.1 Å². The van der Waals surface area contributed by atoms with Gasteiger partial charge >= 0.3 is 0 Å². The van der Waals surface area contributed by atoms with Crippen LogP contribution in [0.5, 0.6) is 5.75 Å². The molecule has 3 rings (SSSR count). The van der Waals surface area contributed by atoms with Crippen molar-refractivity contribution >= 4 is 5.95 Å². The maximum absolute atomic E-state index is 5.46. The summed E-state index contributed by atoms with van der Waals surface area (Å²) < 4.78 is 7.55. The highest BCUT2D eigenvalue weighted by Gasteiger charge is 2.18. The van der Waals surface area contributed by atoms with E-state index < -0.39 is 0 Å². The van der Waals surface area contributed by atoms with Crippen LogP contribution in [0, 0.1) is 6.92 Å². The maximum Gasteiger partial charge on any atom is 0.208 e. The van der Waals surface area contributed by atoms with Gasteiger partial charge in [0.05, 0.1) is 18.5 Å². The third-order valence-corrected chi connectivity index (χ3v) is 3.86. The number of hydrogen-bond acceptors (Lipinski definition) is 3. The van der Waals surface area contributed by atoms with Gasteiger partial charge < -0.3 is 10.1 Å². The van der Waals surface area contributed by atoms with Gasteiger partial charge in [-0.15, -0.1) is 0 Å². The molecule has 1 aromatic heterocycles. The van der Waals surface area contributed by atoms with Crippen LogP contribution in [0.25, 0.3) is 5.69 Å². The topological polar surface area (TPSA) is 39.1 Å². The van der Waals surface area contributed by atoms with Gasteiger partial charge in [0.1, 0.15) is 5.75 Å². The number of anilines is 1. The lowest BCUT2D eigenvalue weighted by Crippen LogP contribution is -2.17. The molecular weight excluding hydrogens is 250 g/mol. The summed E-state index contributed by atoms with van der Waals surface area (Å²) in [7, 11) is 1.70. The van der Waals surface area contributed by atoms with E-state index in [-0.39, 0.29) is 0 Å². The molecule has 0 amide bonds. The average molecular weight is 271 g/mol. The molecule has 0 aliphatic heterocycles. The van der Waals surface area contributed by atoms with Gasteiger partial charge in [-0.25, -0.2) is 4.98 Å². The molecule has 0 saturated heterocycles. The summed E-state index contributed by atoms with van der Waals surface area (Å²) in [5.74, 6) is 1.78. The van der Waals surface area contributed by atoms with E-state index in [1.807, 2.05) is 25.1 Å². The second-order valence-corrected chi connectivity index (χ2v) is 5.37. The summed E-state index contributed by atoms with van der Waals surface area (Å²) in [6.45, 7) is 2.02. The van der Waals surface area contributed by atoms with Crippen molar-refractivity contribution in [1.29, 1.82) is 0 Å². The van der Waals surface area contributed by atoms with Gasteiger partial charge in [0, 0.05) is 12.2 Å². The van der Waals surface area contributed by atoms with E-state index in [1.54, 1.807) is 7.11 Å². The molecule has 20 heavy (non-hydrogen) atoms. The van der Waals surface area contributed by atoms with Crippen LogP contribution in [0.2, 0.25) is 0 Å². The molecular formula is C16H21N3O. The molecule has 1 fully saturated rings. The van der Waals surface area contributed by atoms with Gasteiger partial charge in [0.25, 0.3) is 0 Å². The highest BCUT2D eigenvalue weighted by atomic mass is 16.5. The van der Waals surface area contributed by atoms with Crippen molar-refractivity contribution in [2.24, 2.45) is 0 Å². The zero-order valence-corrected chi connectivity index (χ0v) is 12.1. The van der Waals surface area contributed by atoms with Gasteiger partial charge in [-0.1, -0.05) is 25.0 Å². The lowest BCUT2D eigenvalue weighted by molar-refractivity contribution is 0.413. The van der Waals surface area contributed by atoms with Crippen molar-refractivity contribution in [3.8, 4) is 11.4 Å². The first-order valence-corrected chi connectivity index (χ1v) is 7.24. The number of methoxy groups -OCH3 is 1. The molecule has 1 aliphatic carbocycles. The van der Waals surface area contributed by atoms with Crippen LogP contribution in [0.4, 0.5) is 5.95 Å². The summed E-state index contributed by atoms with van der Waals surface area (Å²) in [4.78, 5) is 4.62. The molecule has 1 heterocycles. The van der Waals surface area contributed by atoms with Crippen LogP contribution in [0.3, 0.4) is 0 Å². The van der Waals surface area contributed by atoms with Crippen molar-refractivity contribution in [3.05, 3.63) is 36.2 Å². The van der Waals surface area contributed by atoms with Crippen LogP contribution in [-0.2, 0) is 0 Å². The molecule has 4 nitrogen and oxygen atoms in total. The number of aryl methyl sites for hydroxylation is 1. The standard InChI is InChI=1S/C16H21N3O/c1-12-11-19(14-9-5-6-10-15(14)20-2)16(17-12)18-13-7-3-4-8-13/h5-6,9-11,13H,3-4,7-8H2,1-2H3,(H,17,18). The van der Waals surface area contributed by atoms with Gasteiger partial charge in [0.15, 0.2) is 0 Å². The monoisotopic (exact) mass is 271 g/mol. The molecule has 1 aliphatic rings. The van der Waals surface area contributed by atoms with Crippen LogP contribution >= 0.6 is 0 Å². The number of nitrogens with one attached hydrogen (secondary N) is 1. The molecule has 0 bridgehead atoms. The zero-order chi connectivity index (χ0) is 13.9. The first-order chi connectivity index (χ1) is 9.78. The lowest BCUT2D eigenvalue weighted by atomic mass is 10.2. The number of imidazole rings is 1. The van der Waals surface area contributed by atoms with Crippen LogP contribution in [0.15, 0.2) is 30.5 Å². The molecule has 0 atom stereocenters. The Bertz CT molecular complexity index is 585. The molecule has 2 aromatic rings. The lowest BCUT2D eigenvalue weighted by Gasteiger charge is -2.16. The van der Waals surface area contributed by atoms with E-state index in [4.69, 9.17) is 4.74 Å². The van der Waals surface area contributed by atoms with E-state index in [0.29, 0.717) is 6.04 Å². The van der Waals surface area contributed by atoms with Crippen LogP contribution < -0.4 is 10.1 Å². The highest BCUT2D eigenvalue weighted by molar-refractivity contribution is 5.52. The van der Waals surface area contributed by atoms with E-state index in [9.17, 15) is 0 Å². The first kappa shape index (κ1) is 13.0. The van der Waals surface area contributed by atoms with Gasteiger partial charge in [-0.05, 0) is 31.9 Å². The number of rotatable bonds is 4. The second-order valence-electron chi connectivity index (χ2n) is 5.37. The van der Waals surface area contributed by atoms with Gasteiger partial charge in [-0.2, -0.15) is 0 Å². The minimum absolute atomic E-state index is 0.547. The Labute approximate surface area is 119 Å². The second kappa shape index (κ2) is 5.57. The quantitative estimate of drug-likeness (QED) is 0.924. The summed E-state index contributed by atoms with van der Waals surface area (Å²) in [5, 5.41) is 3.58. The first-order valence-electron chi connectivity index (χ1n) is 7.24. The predicted molar refractivity (Wildman–Crippen MR) is 80.7 cm³/mol. The summed E-state index contributed by atoms with van der Waals surface area (Å²) in [6.07, 6.45) is 7.14. The Kier molecular flexibility index (Phi) is 3.63. The molecule has 1 aromatic carbocycles. The summed E-state index contributed by atoms with van der Waals surface area (Å²) in [6, 6.07) is 8.58. The van der Waals surface area contributed by atoms with Crippen molar-refractivity contribution in [2.75, 3.05) is 12.4 Å². The number of ether oxygens (including phenoxy) is 1. The Morgan fingerprint density at radius 3 is 2.75 bits per heavy atom. The molecule has 0 unspecified atom stereocenters. The van der Waals surface area contributed by atoms with Crippen molar-refractivity contribution < 1.29 is 4.74 Å². The van der Waals surface area contributed by atoms with E-state index >= 15 is 0 Å². The molecule has 106 valence electrons. The molecule has 1 saturated carbocycles. The third kappa shape index (κ3) is 2.50. The third-order valence-electron chi connectivity index (χ3n) is 3.86. The Morgan fingerprint density at radius 2 is 2.00 bits per heavy atom. The van der Waals surface area contributed by atoms with Crippen molar-refractivity contribution in [3.63, 3.8) is 0 Å². The predicted octanol–water partition coefficient (Wildman–Crippen LogP) is 3.54. The number of para-hydroxylation sites is 2. The fourth-order valence-corrected chi connectivity index (χ4v) is 2.86. The molecule has 0 spiro atoms. The van der Waals surface area contributed by atoms with Gasteiger partial charge in [0.2, 0.25) is 5.95 Å². The summed E-state index contributed by atoms with van der Waals surface area (Å²) >= 11 is 0. The fraction of sp³-hybridized carbons (Fsp3) is 0.438. The minimum atomic E-state index is 0.547. The summed E-state index contributed by atoms with van der Waals surface area (Å²) in [5.41, 5.74) is 2.03. The van der Waals surface area contributed by atoms with Crippen molar-refractivity contribution in [1.82, 2.24) is 9.55 Å². The van der Waals surface area contributed by atoms with Crippen molar-refractivity contribution in [2.45, 2.75) is 38.6 Å². The largest absolute Gasteiger partial charge is 0.495 e. The van der Waals surface area contributed by atoms with Gasteiger partial charge in [-0.3, -0.25) is 4.57 Å². The Hall–Kier alpha value is -1.97. The minimum Gasteiger partial charge on any atom is -0.495 e. The molecule has 1 N–H and O–H groups in total.